The highest BCUT2D eigenvalue weighted by molar-refractivity contribution is 5.87. The van der Waals surface area contributed by atoms with Crippen LogP contribution < -0.4 is 9.47 Å². The summed E-state index contributed by atoms with van der Waals surface area (Å²) in [5, 5.41) is 26.1. The molecule has 1 aromatic heterocycles. The van der Waals surface area contributed by atoms with E-state index in [0.717, 1.165) is 22.4 Å². The van der Waals surface area contributed by atoms with Crippen LogP contribution >= 0.6 is 0 Å². The van der Waals surface area contributed by atoms with Crippen molar-refractivity contribution >= 4 is 5.97 Å². The van der Waals surface area contributed by atoms with E-state index in [1.165, 1.54) is 4.68 Å². The molecular weight excluding hydrogens is 408 g/mol. The molecule has 0 saturated carbocycles. The molecular formula is C24H18N4O4. The van der Waals surface area contributed by atoms with E-state index in [0.29, 0.717) is 11.3 Å². The Kier molecular flexibility index (Phi) is 5.81. The van der Waals surface area contributed by atoms with Gasteiger partial charge in [-0.3, -0.25) is 0 Å². The molecule has 4 aromatic rings. The SMILES string of the molecule is COc1ccc(Cn2nnc(C(=O)O)c2Oc2ccc(-c3ccc(C#N)cc3)cc2)cc1. The lowest BCUT2D eigenvalue weighted by Crippen LogP contribution is -2.06. The Bertz CT molecular complexity index is 1270. The Morgan fingerprint density at radius 1 is 0.969 bits per heavy atom. The van der Waals surface area contributed by atoms with Crippen molar-refractivity contribution in [3.05, 3.63) is 89.6 Å². The first-order valence-electron chi connectivity index (χ1n) is 9.65. The van der Waals surface area contributed by atoms with Crippen LogP contribution in [0, 0.1) is 11.3 Å². The summed E-state index contributed by atoms with van der Waals surface area (Å²) in [6.07, 6.45) is 0. The average molecular weight is 426 g/mol. The number of aromatic nitrogens is 3. The summed E-state index contributed by atoms with van der Waals surface area (Å²) in [6.45, 7) is 0.281. The molecule has 0 saturated heterocycles. The molecule has 1 N–H and O–H groups in total. The number of carboxylic acid groups (broad SMARTS) is 1. The maximum Gasteiger partial charge on any atom is 0.362 e. The lowest BCUT2D eigenvalue weighted by Gasteiger charge is -2.10. The van der Waals surface area contributed by atoms with Gasteiger partial charge in [0.25, 0.3) is 5.88 Å². The third-order valence-electron chi connectivity index (χ3n) is 4.80. The quantitative estimate of drug-likeness (QED) is 0.467. The van der Waals surface area contributed by atoms with Crippen molar-refractivity contribution in [1.82, 2.24) is 15.0 Å². The number of hydrogen-bond donors (Lipinski definition) is 1. The molecule has 4 rings (SSSR count). The summed E-state index contributed by atoms with van der Waals surface area (Å²) in [6, 6.07) is 23.9. The Labute approximate surface area is 183 Å². The van der Waals surface area contributed by atoms with Crippen molar-refractivity contribution in [2.75, 3.05) is 7.11 Å². The summed E-state index contributed by atoms with van der Waals surface area (Å²) in [5.74, 6) is -0.0183. The second-order valence-electron chi connectivity index (χ2n) is 6.87. The molecule has 0 amide bonds. The molecule has 0 unspecified atom stereocenters. The first-order valence-corrected chi connectivity index (χ1v) is 9.65. The summed E-state index contributed by atoms with van der Waals surface area (Å²) in [7, 11) is 1.59. The van der Waals surface area contributed by atoms with Crippen molar-refractivity contribution in [3.8, 4) is 34.6 Å². The van der Waals surface area contributed by atoms with E-state index in [2.05, 4.69) is 16.4 Å². The molecule has 3 aromatic carbocycles. The monoisotopic (exact) mass is 426 g/mol. The summed E-state index contributed by atoms with van der Waals surface area (Å²) < 4.78 is 12.4. The molecule has 0 aliphatic carbocycles. The molecule has 0 aliphatic rings. The second kappa shape index (κ2) is 9.02. The molecule has 0 radical (unpaired) electrons. The number of carbonyl (C=O) groups is 1. The number of methoxy groups -OCH3 is 1. The maximum atomic E-state index is 11.6. The van der Waals surface area contributed by atoms with Crippen molar-refractivity contribution in [3.63, 3.8) is 0 Å². The second-order valence-corrected chi connectivity index (χ2v) is 6.87. The van der Waals surface area contributed by atoms with Gasteiger partial charge in [-0.25, -0.2) is 9.48 Å². The lowest BCUT2D eigenvalue weighted by atomic mass is 10.0. The van der Waals surface area contributed by atoms with E-state index < -0.39 is 5.97 Å². The van der Waals surface area contributed by atoms with E-state index in [1.54, 1.807) is 31.4 Å². The van der Waals surface area contributed by atoms with Gasteiger partial charge in [-0.2, -0.15) is 5.26 Å². The zero-order chi connectivity index (χ0) is 22.5. The van der Waals surface area contributed by atoms with Gasteiger partial charge in [0, 0.05) is 0 Å². The first-order chi connectivity index (χ1) is 15.6. The van der Waals surface area contributed by atoms with Crippen molar-refractivity contribution in [2.45, 2.75) is 6.54 Å². The fraction of sp³-hybridized carbons (Fsp3) is 0.0833. The predicted octanol–water partition coefficient (Wildman–Crippen LogP) is 4.36. The van der Waals surface area contributed by atoms with Crippen LogP contribution in [0.15, 0.2) is 72.8 Å². The van der Waals surface area contributed by atoms with Crippen LogP contribution in [0.4, 0.5) is 0 Å². The molecule has 0 aliphatic heterocycles. The van der Waals surface area contributed by atoms with Crippen LogP contribution in [0.3, 0.4) is 0 Å². The van der Waals surface area contributed by atoms with Gasteiger partial charge in [-0.15, -0.1) is 5.10 Å². The largest absolute Gasteiger partial charge is 0.497 e. The van der Waals surface area contributed by atoms with Gasteiger partial charge < -0.3 is 14.6 Å². The number of nitrogens with zero attached hydrogens (tertiary/aromatic N) is 4. The minimum absolute atomic E-state index is 0.0411. The summed E-state index contributed by atoms with van der Waals surface area (Å²) in [5.41, 5.74) is 3.09. The summed E-state index contributed by atoms with van der Waals surface area (Å²) >= 11 is 0. The van der Waals surface area contributed by atoms with Crippen molar-refractivity contribution in [1.29, 1.82) is 5.26 Å². The fourth-order valence-electron chi connectivity index (χ4n) is 3.11. The maximum absolute atomic E-state index is 11.6. The highest BCUT2D eigenvalue weighted by atomic mass is 16.5. The molecule has 1 heterocycles. The van der Waals surface area contributed by atoms with Crippen molar-refractivity contribution in [2.24, 2.45) is 0 Å². The van der Waals surface area contributed by atoms with Gasteiger partial charge >= 0.3 is 5.97 Å². The fourth-order valence-corrected chi connectivity index (χ4v) is 3.11. The highest BCUT2D eigenvalue weighted by Crippen LogP contribution is 2.28. The van der Waals surface area contributed by atoms with Crippen molar-refractivity contribution < 1.29 is 19.4 Å². The minimum atomic E-state index is -1.23. The molecule has 0 atom stereocenters. The number of benzene rings is 3. The highest BCUT2D eigenvalue weighted by Gasteiger charge is 2.21. The van der Waals surface area contributed by atoms with Gasteiger partial charge in [0.05, 0.1) is 25.3 Å². The molecule has 8 nitrogen and oxygen atoms in total. The van der Waals surface area contributed by atoms with Crippen LogP contribution in [0.2, 0.25) is 0 Å². The smallest absolute Gasteiger partial charge is 0.362 e. The Morgan fingerprint density at radius 3 is 2.12 bits per heavy atom. The zero-order valence-electron chi connectivity index (χ0n) is 17.1. The van der Waals surface area contributed by atoms with Gasteiger partial charge in [-0.05, 0) is 53.1 Å². The van der Waals surface area contributed by atoms with E-state index >= 15 is 0 Å². The zero-order valence-corrected chi connectivity index (χ0v) is 17.1. The third kappa shape index (κ3) is 4.42. The van der Waals surface area contributed by atoms with Crippen LogP contribution in [0.5, 0.6) is 17.4 Å². The van der Waals surface area contributed by atoms with E-state index in [1.807, 2.05) is 48.5 Å². The number of hydrogen-bond acceptors (Lipinski definition) is 6. The number of rotatable bonds is 7. The minimum Gasteiger partial charge on any atom is -0.497 e. The van der Waals surface area contributed by atoms with Crippen LogP contribution in [-0.4, -0.2) is 33.2 Å². The number of aromatic carboxylic acids is 1. The standard InChI is InChI=1S/C24H18N4O4/c1-31-20-10-4-17(5-11-20)15-28-23(22(24(29)30)26-27-28)32-21-12-8-19(9-13-21)18-6-2-16(14-25)3-7-18/h2-13H,15H2,1H3,(H,29,30). The van der Waals surface area contributed by atoms with Gasteiger partial charge in [0.1, 0.15) is 11.5 Å². The van der Waals surface area contributed by atoms with Crippen LogP contribution in [-0.2, 0) is 6.54 Å². The molecule has 158 valence electrons. The van der Waals surface area contributed by atoms with Crippen LogP contribution in [0.25, 0.3) is 11.1 Å². The number of ether oxygens (including phenoxy) is 2. The summed E-state index contributed by atoms with van der Waals surface area (Å²) in [4.78, 5) is 11.6. The molecule has 0 fully saturated rings. The first kappa shape index (κ1) is 20.6. The third-order valence-corrected chi connectivity index (χ3v) is 4.80. The topological polar surface area (TPSA) is 110 Å². The molecule has 8 heteroatoms. The Morgan fingerprint density at radius 2 is 1.56 bits per heavy atom. The Balaban J connectivity index is 1.57. The Hall–Kier alpha value is -4.64. The predicted molar refractivity (Wildman–Crippen MR) is 116 cm³/mol. The van der Waals surface area contributed by atoms with Crippen LogP contribution in [0.1, 0.15) is 21.6 Å². The van der Waals surface area contributed by atoms with E-state index in [-0.39, 0.29) is 18.1 Å². The molecule has 0 bridgehead atoms. The number of carboxylic acids is 1. The lowest BCUT2D eigenvalue weighted by molar-refractivity contribution is 0.0687. The van der Waals surface area contributed by atoms with Gasteiger partial charge in [0.2, 0.25) is 5.69 Å². The molecule has 0 spiro atoms. The van der Waals surface area contributed by atoms with E-state index in [4.69, 9.17) is 14.7 Å². The van der Waals surface area contributed by atoms with Gasteiger partial charge in [-0.1, -0.05) is 41.6 Å². The van der Waals surface area contributed by atoms with Gasteiger partial charge in [0.15, 0.2) is 0 Å². The molecule has 32 heavy (non-hydrogen) atoms. The average Bonchev–Trinajstić information content (AvgIpc) is 3.22. The number of nitriles is 1. The normalized spacial score (nSPS) is 10.4. The van der Waals surface area contributed by atoms with E-state index in [9.17, 15) is 9.90 Å².